The zero-order valence-electron chi connectivity index (χ0n) is 16.7. The van der Waals surface area contributed by atoms with E-state index in [1.807, 2.05) is 26.8 Å². The molecular weight excluding hydrogens is 360 g/mol. The third-order valence-electron chi connectivity index (χ3n) is 5.53. The van der Waals surface area contributed by atoms with Crippen molar-refractivity contribution in [2.75, 3.05) is 5.75 Å². The van der Waals surface area contributed by atoms with Crippen LogP contribution < -0.4 is 10.9 Å². The summed E-state index contributed by atoms with van der Waals surface area (Å²) in [5.74, 6) is 1.07. The van der Waals surface area contributed by atoms with Crippen molar-refractivity contribution in [1.82, 2.24) is 19.9 Å². The van der Waals surface area contributed by atoms with Gasteiger partial charge in [0.1, 0.15) is 5.52 Å². The number of H-pyrrole nitrogens is 1. The molecule has 148 valence electrons. The Kier molecular flexibility index (Phi) is 6.29. The summed E-state index contributed by atoms with van der Waals surface area (Å²) in [7, 11) is 0. The molecule has 1 aliphatic rings. The number of amides is 1. The van der Waals surface area contributed by atoms with Crippen molar-refractivity contribution >= 4 is 28.7 Å². The Morgan fingerprint density at radius 2 is 2.11 bits per heavy atom. The Balaban J connectivity index is 1.75. The zero-order chi connectivity index (χ0) is 19.6. The Hall–Kier alpha value is -1.76. The number of aromatic amines is 1. The summed E-state index contributed by atoms with van der Waals surface area (Å²) >= 11 is 1.35. The van der Waals surface area contributed by atoms with Gasteiger partial charge in [-0.3, -0.25) is 14.2 Å². The molecule has 6 nitrogen and oxygen atoms in total. The number of nitrogens with one attached hydrogen (secondary N) is 2. The first kappa shape index (κ1) is 20.0. The molecule has 0 aliphatic heterocycles. The number of hydrogen-bond donors (Lipinski definition) is 2. The lowest BCUT2D eigenvalue weighted by atomic mass is 9.87. The summed E-state index contributed by atoms with van der Waals surface area (Å²) in [5.41, 5.74) is 2.06. The van der Waals surface area contributed by atoms with Crippen molar-refractivity contribution in [1.29, 1.82) is 0 Å². The fourth-order valence-electron chi connectivity index (χ4n) is 3.67. The standard InChI is InChI=1S/C20H30N4O2S/c1-5-14(4)24-19(26)18-16(10-13(3)21-18)23-20(24)27-11-17(25)22-15-8-6-12(2)7-9-15/h10,12,14-15,21H,5-9,11H2,1-4H3,(H,22,25)/t12?,14-,15?/m1/s1. The molecule has 1 atom stereocenters. The summed E-state index contributed by atoms with van der Waals surface area (Å²) in [6, 6.07) is 2.20. The molecule has 0 spiro atoms. The number of nitrogens with zero attached hydrogens (tertiary/aromatic N) is 2. The van der Waals surface area contributed by atoms with Gasteiger partial charge in [-0.05, 0) is 57.9 Å². The molecular formula is C20H30N4O2S. The van der Waals surface area contributed by atoms with Crippen molar-refractivity contribution in [3.8, 4) is 0 Å². The number of rotatable bonds is 6. The molecule has 3 rings (SSSR count). The van der Waals surface area contributed by atoms with Gasteiger partial charge in [0.15, 0.2) is 5.16 Å². The van der Waals surface area contributed by atoms with E-state index in [0.29, 0.717) is 16.2 Å². The van der Waals surface area contributed by atoms with Gasteiger partial charge in [0, 0.05) is 17.8 Å². The van der Waals surface area contributed by atoms with Crippen molar-refractivity contribution in [3.05, 3.63) is 22.1 Å². The molecule has 2 aromatic rings. The normalized spacial score (nSPS) is 21.3. The van der Waals surface area contributed by atoms with Gasteiger partial charge in [-0.2, -0.15) is 0 Å². The maximum absolute atomic E-state index is 12.9. The lowest BCUT2D eigenvalue weighted by molar-refractivity contribution is -0.119. The Labute approximate surface area is 164 Å². The molecule has 0 radical (unpaired) electrons. The third-order valence-corrected chi connectivity index (χ3v) is 6.48. The SMILES string of the molecule is CC[C@@H](C)n1c(SCC(=O)NC2CCC(C)CC2)nc2cc(C)[nH]c2c1=O. The van der Waals surface area contributed by atoms with Crippen LogP contribution in [0.25, 0.3) is 11.0 Å². The fraction of sp³-hybridized carbons (Fsp3) is 0.650. The number of carbonyl (C=O) groups excluding carboxylic acids is 1. The molecule has 2 N–H and O–H groups in total. The number of aromatic nitrogens is 3. The van der Waals surface area contributed by atoms with E-state index < -0.39 is 0 Å². The highest BCUT2D eigenvalue weighted by Gasteiger charge is 2.21. The quantitative estimate of drug-likeness (QED) is 0.581. The Morgan fingerprint density at radius 3 is 2.78 bits per heavy atom. The highest BCUT2D eigenvalue weighted by atomic mass is 32.2. The second kappa shape index (κ2) is 8.50. The molecule has 0 unspecified atom stereocenters. The van der Waals surface area contributed by atoms with Gasteiger partial charge in [-0.15, -0.1) is 0 Å². The first-order valence-electron chi connectivity index (χ1n) is 9.93. The van der Waals surface area contributed by atoms with E-state index in [-0.39, 0.29) is 29.3 Å². The van der Waals surface area contributed by atoms with Crippen LogP contribution in [0.3, 0.4) is 0 Å². The highest BCUT2D eigenvalue weighted by Crippen LogP contribution is 2.25. The predicted molar refractivity (Wildman–Crippen MR) is 110 cm³/mol. The molecule has 0 bridgehead atoms. The minimum absolute atomic E-state index is 0.0230. The molecule has 1 saturated carbocycles. The van der Waals surface area contributed by atoms with Crippen LogP contribution in [0.2, 0.25) is 0 Å². The van der Waals surface area contributed by atoms with Crippen LogP contribution in [0.4, 0.5) is 0 Å². The maximum atomic E-state index is 12.9. The number of fused-ring (bicyclic) bond motifs is 1. The van der Waals surface area contributed by atoms with E-state index in [9.17, 15) is 9.59 Å². The minimum Gasteiger partial charge on any atom is -0.353 e. The summed E-state index contributed by atoms with van der Waals surface area (Å²) < 4.78 is 1.72. The van der Waals surface area contributed by atoms with E-state index in [2.05, 4.69) is 22.2 Å². The monoisotopic (exact) mass is 390 g/mol. The van der Waals surface area contributed by atoms with Crippen molar-refractivity contribution in [2.24, 2.45) is 5.92 Å². The highest BCUT2D eigenvalue weighted by molar-refractivity contribution is 7.99. The van der Waals surface area contributed by atoms with E-state index in [1.54, 1.807) is 4.57 Å². The smallest absolute Gasteiger partial charge is 0.278 e. The van der Waals surface area contributed by atoms with Gasteiger partial charge >= 0.3 is 0 Å². The first-order valence-corrected chi connectivity index (χ1v) is 10.9. The van der Waals surface area contributed by atoms with Crippen LogP contribution in [0.1, 0.15) is 64.6 Å². The summed E-state index contributed by atoms with van der Waals surface area (Å²) in [4.78, 5) is 33.1. The van der Waals surface area contributed by atoms with Crippen LogP contribution in [0.15, 0.2) is 16.0 Å². The zero-order valence-corrected chi connectivity index (χ0v) is 17.5. The van der Waals surface area contributed by atoms with Gasteiger partial charge in [0.2, 0.25) is 5.91 Å². The lowest BCUT2D eigenvalue weighted by Gasteiger charge is -2.26. The van der Waals surface area contributed by atoms with Crippen LogP contribution in [-0.2, 0) is 4.79 Å². The number of carbonyl (C=O) groups is 1. The Morgan fingerprint density at radius 1 is 1.41 bits per heavy atom. The molecule has 0 aromatic carbocycles. The molecule has 0 saturated heterocycles. The Bertz CT molecular complexity index is 865. The van der Waals surface area contributed by atoms with Crippen molar-refractivity contribution in [2.45, 2.75) is 77.0 Å². The second-order valence-electron chi connectivity index (χ2n) is 7.85. The van der Waals surface area contributed by atoms with Crippen LogP contribution in [0.5, 0.6) is 0 Å². The van der Waals surface area contributed by atoms with Crippen molar-refractivity contribution < 1.29 is 4.79 Å². The molecule has 1 aliphatic carbocycles. The molecule has 1 fully saturated rings. The summed E-state index contributed by atoms with van der Waals surface area (Å²) in [6.45, 7) is 8.25. The van der Waals surface area contributed by atoms with Gasteiger partial charge in [0.05, 0.1) is 11.3 Å². The summed E-state index contributed by atoms with van der Waals surface area (Å²) in [6.07, 6.45) is 5.30. The van der Waals surface area contributed by atoms with E-state index >= 15 is 0 Å². The van der Waals surface area contributed by atoms with Crippen LogP contribution in [0, 0.1) is 12.8 Å². The van der Waals surface area contributed by atoms with Gasteiger partial charge in [-0.1, -0.05) is 25.6 Å². The summed E-state index contributed by atoms with van der Waals surface area (Å²) in [5, 5.41) is 3.77. The molecule has 2 heterocycles. The van der Waals surface area contributed by atoms with Crippen LogP contribution in [-0.4, -0.2) is 32.2 Å². The number of thioether (sulfide) groups is 1. The van der Waals surface area contributed by atoms with Gasteiger partial charge < -0.3 is 10.3 Å². The average molecular weight is 391 g/mol. The number of hydrogen-bond acceptors (Lipinski definition) is 4. The molecule has 7 heteroatoms. The first-order chi connectivity index (χ1) is 12.9. The van der Waals surface area contributed by atoms with E-state index in [1.165, 1.54) is 24.6 Å². The fourth-order valence-corrected chi connectivity index (χ4v) is 4.58. The van der Waals surface area contributed by atoms with Crippen LogP contribution >= 0.6 is 11.8 Å². The molecule has 1 amide bonds. The average Bonchev–Trinajstić information content (AvgIpc) is 3.02. The van der Waals surface area contributed by atoms with E-state index in [4.69, 9.17) is 0 Å². The predicted octanol–water partition coefficient (Wildman–Crippen LogP) is 3.79. The second-order valence-corrected chi connectivity index (χ2v) is 8.79. The largest absolute Gasteiger partial charge is 0.353 e. The topological polar surface area (TPSA) is 79.8 Å². The lowest BCUT2D eigenvalue weighted by Crippen LogP contribution is -2.38. The van der Waals surface area contributed by atoms with Crippen molar-refractivity contribution in [3.63, 3.8) is 0 Å². The molecule has 2 aromatic heterocycles. The van der Waals surface area contributed by atoms with E-state index in [0.717, 1.165) is 30.9 Å². The third kappa shape index (κ3) is 4.57. The van der Waals surface area contributed by atoms with Gasteiger partial charge in [-0.25, -0.2) is 4.98 Å². The molecule has 27 heavy (non-hydrogen) atoms. The minimum atomic E-state index is -0.0633. The van der Waals surface area contributed by atoms with Gasteiger partial charge in [0.25, 0.3) is 5.56 Å². The number of aryl methyl sites for hydroxylation is 1. The maximum Gasteiger partial charge on any atom is 0.278 e.